The van der Waals surface area contributed by atoms with Crippen LogP contribution < -0.4 is 10.2 Å². The SMILES string of the molecule is CC1CNC(CCO)C(=O)N1c1ccc(Br)cc1. The number of nitrogens with zero attached hydrogens (tertiary/aromatic N) is 1. The summed E-state index contributed by atoms with van der Waals surface area (Å²) in [5.74, 6) is 0.0325. The van der Waals surface area contributed by atoms with E-state index in [1.165, 1.54) is 0 Å². The smallest absolute Gasteiger partial charge is 0.244 e. The van der Waals surface area contributed by atoms with Gasteiger partial charge in [0.15, 0.2) is 0 Å². The van der Waals surface area contributed by atoms with Crippen molar-refractivity contribution in [3.63, 3.8) is 0 Å². The highest BCUT2D eigenvalue weighted by molar-refractivity contribution is 9.10. The molecule has 1 aliphatic rings. The molecule has 2 N–H and O–H groups in total. The Balaban J connectivity index is 2.23. The van der Waals surface area contributed by atoms with E-state index in [1.54, 1.807) is 0 Å². The zero-order chi connectivity index (χ0) is 13.1. The Morgan fingerprint density at radius 1 is 1.44 bits per heavy atom. The monoisotopic (exact) mass is 312 g/mol. The summed E-state index contributed by atoms with van der Waals surface area (Å²) in [6.07, 6.45) is 0.457. The van der Waals surface area contributed by atoms with Crippen LogP contribution in [-0.2, 0) is 4.79 Å². The minimum absolute atomic E-state index is 0.0198. The van der Waals surface area contributed by atoms with E-state index in [0.717, 1.165) is 16.7 Å². The fourth-order valence-corrected chi connectivity index (χ4v) is 2.48. The average molecular weight is 313 g/mol. The predicted octanol–water partition coefficient (Wildman–Crippen LogP) is 1.52. The number of carbonyl (C=O) groups excluding carboxylic acids is 1. The molecule has 1 aromatic rings. The second kappa shape index (κ2) is 5.82. The van der Waals surface area contributed by atoms with Crippen LogP contribution in [0.25, 0.3) is 0 Å². The molecule has 0 aliphatic carbocycles. The number of rotatable bonds is 3. The summed E-state index contributed by atoms with van der Waals surface area (Å²) in [5.41, 5.74) is 0.903. The quantitative estimate of drug-likeness (QED) is 0.890. The first-order valence-corrected chi connectivity index (χ1v) is 6.85. The van der Waals surface area contributed by atoms with Crippen LogP contribution in [0, 0.1) is 0 Å². The summed E-state index contributed by atoms with van der Waals surface area (Å²) in [6.45, 7) is 2.78. The molecule has 0 spiro atoms. The third-order valence-corrected chi connectivity index (χ3v) is 3.69. The number of amides is 1. The first-order chi connectivity index (χ1) is 8.63. The van der Waals surface area contributed by atoms with Gasteiger partial charge in [-0.2, -0.15) is 0 Å². The van der Waals surface area contributed by atoms with Crippen LogP contribution in [0.3, 0.4) is 0 Å². The Morgan fingerprint density at radius 3 is 2.72 bits per heavy atom. The number of piperazine rings is 1. The number of aliphatic hydroxyl groups excluding tert-OH is 1. The van der Waals surface area contributed by atoms with E-state index < -0.39 is 0 Å². The number of halogens is 1. The molecule has 2 rings (SSSR count). The van der Waals surface area contributed by atoms with Crippen LogP contribution in [-0.4, -0.2) is 36.2 Å². The molecule has 98 valence electrons. The molecule has 0 bridgehead atoms. The van der Waals surface area contributed by atoms with Crippen LogP contribution in [0.2, 0.25) is 0 Å². The van der Waals surface area contributed by atoms with Gasteiger partial charge in [-0.1, -0.05) is 15.9 Å². The average Bonchev–Trinajstić information content (AvgIpc) is 2.35. The highest BCUT2D eigenvalue weighted by Crippen LogP contribution is 2.23. The lowest BCUT2D eigenvalue weighted by molar-refractivity contribution is -0.122. The second-order valence-electron chi connectivity index (χ2n) is 4.51. The molecule has 2 unspecified atom stereocenters. The molecule has 0 radical (unpaired) electrons. The van der Waals surface area contributed by atoms with Gasteiger partial charge >= 0.3 is 0 Å². The highest BCUT2D eigenvalue weighted by Gasteiger charge is 2.33. The van der Waals surface area contributed by atoms with E-state index in [0.29, 0.717) is 6.42 Å². The van der Waals surface area contributed by atoms with Crippen molar-refractivity contribution in [2.75, 3.05) is 18.1 Å². The Hall–Kier alpha value is -0.910. The summed E-state index contributed by atoms with van der Waals surface area (Å²) in [5, 5.41) is 12.1. The lowest BCUT2D eigenvalue weighted by Gasteiger charge is -2.38. The van der Waals surface area contributed by atoms with Gasteiger partial charge in [0.05, 0.1) is 6.04 Å². The van der Waals surface area contributed by atoms with Crippen LogP contribution in [0.1, 0.15) is 13.3 Å². The zero-order valence-corrected chi connectivity index (χ0v) is 11.9. The molecule has 1 saturated heterocycles. The van der Waals surface area contributed by atoms with E-state index in [9.17, 15) is 4.79 Å². The minimum Gasteiger partial charge on any atom is -0.396 e. The molecule has 0 saturated carbocycles. The van der Waals surface area contributed by atoms with Gasteiger partial charge in [-0.25, -0.2) is 0 Å². The summed E-state index contributed by atoms with van der Waals surface area (Å²) in [7, 11) is 0. The summed E-state index contributed by atoms with van der Waals surface area (Å²) < 4.78 is 0.994. The van der Waals surface area contributed by atoms with Crippen LogP contribution >= 0.6 is 15.9 Å². The highest BCUT2D eigenvalue weighted by atomic mass is 79.9. The number of hydrogen-bond acceptors (Lipinski definition) is 3. The maximum atomic E-state index is 12.4. The van der Waals surface area contributed by atoms with Crippen molar-refractivity contribution in [3.8, 4) is 0 Å². The maximum Gasteiger partial charge on any atom is 0.244 e. The van der Waals surface area contributed by atoms with Crippen molar-refractivity contribution in [3.05, 3.63) is 28.7 Å². The van der Waals surface area contributed by atoms with Crippen LogP contribution in [0.15, 0.2) is 28.7 Å². The van der Waals surface area contributed by atoms with Crippen LogP contribution in [0.4, 0.5) is 5.69 Å². The molecule has 1 aliphatic heterocycles. The molecule has 2 atom stereocenters. The molecule has 1 fully saturated rings. The van der Waals surface area contributed by atoms with Gasteiger partial charge in [-0.05, 0) is 37.6 Å². The number of hydrogen-bond donors (Lipinski definition) is 2. The molecule has 1 aromatic carbocycles. The second-order valence-corrected chi connectivity index (χ2v) is 5.42. The molecular formula is C13H17BrN2O2. The molecule has 18 heavy (non-hydrogen) atoms. The van der Waals surface area contributed by atoms with Gasteiger partial charge in [0, 0.05) is 29.4 Å². The molecule has 0 aromatic heterocycles. The molecule has 4 nitrogen and oxygen atoms in total. The topological polar surface area (TPSA) is 52.6 Å². The first kappa shape index (κ1) is 13.5. The normalized spacial score (nSPS) is 24.4. The molecule has 5 heteroatoms. The fraction of sp³-hybridized carbons (Fsp3) is 0.462. The van der Waals surface area contributed by atoms with Crippen molar-refractivity contribution in [2.24, 2.45) is 0 Å². The lowest BCUT2D eigenvalue weighted by atomic mass is 10.1. The van der Waals surface area contributed by atoms with Crippen molar-refractivity contribution in [2.45, 2.75) is 25.4 Å². The fourth-order valence-electron chi connectivity index (χ4n) is 2.21. The third kappa shape index (κ3) is 2.74. The van der Waals surface area contributed by atoms with Gasteiger partial charge in [0.2, 0.25) is 5.91 Å². The van der Waals surface area contributed by atoms with Crippen LogP contribution in [0.5, 0.6) is 0 Å². The Bertz CT molecular complexity index is 422. The van der Waals surface area contributed by atoms with Gasteiger partial charge in [-0.15, -0.1) is 0 Å². The van der Waals surface area contributed by atoms with E-state index in [2.05, 4.69) is 21.2 Å². The van der Waals surface area contributed by atoms with E-state index in [4.69, 9.17) is 5.11 Å². The Labute approximate surface area is 115 Å². The number of carbonyl (C=O) groups is 1. The summed E-state index contributed by atoms with van der Waals surface area (Å²) in [4.78, 5) is 14.2. The number of benzene rings is 1. The molecule has 1 amide bonds. The lowest BCUT2D eigenvalue weighted by Crippen LogP contribution is -2.59. The van der Waals surface area contributed by atoms with Gasteiger partial charge in [0.1, 0.15) is 0 Å². The Kier molecular flexibility index (Phi) is 4.37. The maximum absolute atomic E-state index is 12.4. The summed E-state index contributed by atoms with van der Waals surface area (Å²) in [6, 6.07) is 7.56. The third-order valence-electron chi connectivity index (χ3n) is 3.16. The van der Waals surface area contributed by atoms with Crippen molar-refractivity contribution < 1.29 is 9.90 Å². The minimum atomic E-state index is -0.283. The number of anilines is 1. The standard InChI is InChI=1S/C13H17BrN2O2/c1-9-8-15-12(6-7-17)13(18)16(9)11-4-2-10(14)3-5-11/h2-5,9,12,15,17H,6-8H2,1H3. The summed E-state index contributed by atoms with van der Waals surface area (Å²) >= 11 is 3.39. The Morgan fingerprint density at radius 2 is 2.11 bits per heavy atom. The van der Waals surface area contributed by atoms with Gasteiger partial charge in [-0.3, -0.25) is 4.79 Å². The van der Waals surface area contributed by atoms with E-state index in [-0.39, 0.29) is 24.6 Å². The first-order valence-electron chi connectivity index (χ1n) is 6.06. The van der Waals surface area contributed by atoms with Crippen molar-refractivity contribution >= 4 is 27.5 Å². The largest absolute Gasteiger partial charge is 0.396 e. The van der Waals surface area contributed by atoms with Gasteiger partial charge < -0.3 is 15.3 Å². The zero-order valence-electron chi connectivity index (χ0n) is 10.3. The van der Waals surface area contributed by atoms with Crippen molar-refractivity contribution in [1.82, 2.24) is 5.32 Å². The van der Waals surface area contributed by atoms with Crippen molar-refractivity contribution in [1.29, 1.82) is 0 Å². The van der Waals surface area contributed by atoms with Gasteiger partial charge in [0.25, 0.3) is 0 Å². The van der Waals surface area contributed by atoms with E-state index >= 15 is 0 Å². The number of nitrogens with one attached hydrogen (secondary N) is 1. The van der Waals surface area contributed by atoms with E-state index in [1.807, 2.05) is 36.1 Å². The number of aliphatic hydroxyl groups is 1. The molecular weight excluding hydrogens is 296 g/mol. The predicted molar refractivity (Wildman–Crippen MR) is 74.6 cm³/mol. The molecule has 1 heterocycles.